The highest BCUT2D eigenvalue weighted by atomic mass is 16.3. The number of oxazole rings is 1. The zero-order valence-electron chi connectivity index (χ0n) is 12.6. The zero-order chi connectivity index (χ0) is 15.1. The van der Waals surface area contributed by atoms with E-state index >= 15 is 0 Å². The molecule has 2 aromatic heterocycles. The minimum Gasteiger partial charge on any atom is -0.440 e. The van der Waals surface area contributed by atoms with Crippen molar-refractivity contribution in [2.45, 2.75) is 19.8 Å². The highest BCUT2D eigenvalue weighted by Crippen LogP contribution is 2.30. The second kappa shape index (κ2) is 4.95. The quantitative estimate of drug-likeness (QED) is 0.511. The molecule has 0 saturated carbocycles. The number of pyridine rings is 1. The third kappa shape index (κ3) is 2.06. The SMILES string of the molecule is CC(C)c1nc2cc(-c3cncc4ccccc34)ccc2o1. The lowest BCUT2D eigenvalue weighted by Crippen LogP contribution is -1.85. The van der Waals surface area contributed by atoms with Crippen LogP contribution in [-0.2, 0) is 0 Å². The fourth-order valence-corrected chi connectivity index (χ4v) is 2.71. The first-order valence-corrected chi connectivity index (χ1v) is 7.46. The van der Waals surface area contributed by atoms with Crippen LogP contribution in [0.15, 0.2) is 59.3 Å². The Labute approximate surface area is 128 Å². The van der Waals surface area contributed by atoms with E-state index in [0.29, 0.717) is 0 Å². The Morgan fingerprint density at radius 3 is 2.73 bits per heavy atom. The Hall–Kier alpha value is -2.68. The first kappa shape index (κ1) is 13.0. The summed E-state index contributed by atoms with van der Waals surface area (Å²) in [6.07, 6.45) is 3.80. The molecule has 3 nitrogen and oxygen atoms in total. The van der Waals surface area contributed by atoms with Crippen molar-refractivity contribution >= 4 is 21.9 Å². The molecule has 4 aromatic rings. The molecule has 3 heteroatoms. The molecule has 108 valence electrons. The minimum absolute atomic E-state index is 0.287. The summed E-state index contributed by atoms with van der Waals surface area (Å²) < 4.78 is 5.78. The first-order valence-electron chi connectivity index (χ1n) is 7.46. The monoisotopic (exact) mass is 288 g/mol. The van der Waals surface area contributed by atoms with Gasteiger partial charge in [0.25, 0.3) is 0 Å². The van der Waals surface area contributed by atoms with Crippen molar-refractivity contribution in [3.63, 3.8) is 0 Å². The van der Waals surface area contributed by atoms with E-state index in [9.17, 15) is 0 Å². The van der Waals surface area contributed by atoms with Crippen LogP contribution in [0.2, 0.25) is 0 Å². The topological polar surface area (TPSA) is 38.9 Å². The average molecular weight is 288 g/mol. The highest BCUT2D eigenvalue weighted by Gasteiger charge is 2.11. The number of nitrogens with zero attached hydrogens (tertiary/aromatic N) is 2. The van der Waals surface area contributed by atoms with Crippen molar-refractivity contribution in [3.05, 3.63) is 60.7 Å². The Bertz CT molecular complexity index is 964. The van der Waals surface area contributed by atoms with Gasteiger partial charge < -0.3 is 4.42 Å². The van der Waals surface area contributed by atoms with Gasteiger partial charge in [-0.1, -0.05) is 44.2 Å². The number of hydrogen-bond acceptors (Lipinski definition) is 3. The molecule has 0 aliphatic carbocycles. The van der Waals surface area contributed by atoms with Crippen LogP contribution in [-0.4, -0.2) is 9.97 Å². The van der Waals surface area contributed by atoms with Gasteiger partial charge >= 0.3 is 0 Å². The summed E-state index contributed by atoms with van der Waals surface area (Å²) >= 11 is 0. The molecule has 0 fully saturated rings. The second-order valence-electron chi connectivity index (χ2n) is 5.80. The Balaban J connectivity index is 1.92. The molecule has 22 heavy (non-hydrogen) atoms. The predicted octanol–water partition coefficient (Wildman–Crippen LogP) is 5.17. The van der Waals surface area contributed by atoms with E-state index in [1.165, 1.54) is 5.39 Å². The van der Waals surface area contributed by atoms with Crippen LogP contribution in [0.1, 0.15) is 25.7 Å². The number of fused-ring (bicyclic) bond motifs is 2. The molecule has 0 unspecified atom stereocenters. The molecular formula is C19H16N2O. The van der Waals surface area contributed by atoms with Crippen molar-refractivity contribution < 1.29 is 4.42 Å². The lowest BCUT2D eigenvalue weighted by molar-refractivity contribution is 0.501. The molecule has 0 radical (unpaired) electrons. The molecule has 0 bridgehead atoms. The van der Waals surface area contributed by atoms with Crippen LogP contribution >= 0.6 is 0 Å². The molecule has 2 heterocycles. The van der Waals surface area contributed by atoms with Crippen molar-refractivity contribution in [3.8, 4) is 11.1 Å². The second-order valence-corrected chi connectivity index (χ2v) is 5.80. The van der Waals surface area contributed by atoms with Gasteiger partial charge in [0.15, 0.2) is 11.5 Å². The number of rotatable bonds is 2. The smallest absolute Gasteiger partial charge is 0.198 e. The maximum atomic E-state index is 5.78. The van der Waals surface area contributed by atoms with Gasteiger partial charge in [-0.3, -0.25) is 4.98 Å². The van der Waals surface area contributed by atoms with E-state index in [4.69, 9.17) is 4.42 Å². The Kier molecular flexibility index (Phi) is 2.93. The van der Waals surface area contributed by atoms with E-state index in [0.717, 1.165) is 33.5 Å². The molecule has 0 N–H and O–H groups in total. The molecule has 0 atom stereocenters. The van der Waals surface area contributed by atoms with Gasteiger partial charge in [-0.05, 0) is 23.1 Å². The molecule has 0 aliphatic heterocycles. The van der Waals surface area contributed by atoms with Crippen LogP contribution in [0.3, 0.4) is 0 Å². The molecule has 0 saturated heterocycles. The standard InChI is InChI=1S/C19H16N2O/c1-12(2)19-21-17-9-13(7-8-18(17)22-19)16-11-20-10-14-5-3-4-6-15(14)16/h3-12H,1-2H3. The molecular weight excluding hydrogens is 272 g/mol. The molecule has 0 amide bonds. The van der Waals surface area contributed by atoms with E-state index in [2.05, 4.69) is 54.1 Å². The molecule has 2 aromatic carbocycles. The van der Waals surface area contributed by atoms with Gasteiger partial charge in [0.05, 0.1) is 0 Å². The third-order valence-corrected chi connectivity index (χ3v) is 3.88. The molecule has 0 spiro atoms. The van der Waals surface area contributed by atoms with Gasteiger partial charge in [-0.25, -0.2) is 4.98 Å². The van der Waals surface area contributed by atoms with Crippen LogP contribution in [0.5, 0.6) is 0 Å². The van der Waals surface area contributed by atoms with E-state index in [1.54, 1.807) is 0 Å². The fourth-order valence-electron chi connectivity index (χ4n) is 2.71. The van der Waals surface area contributed by atoms with E-state index in [1.807, 2.05) is 24.5 Å². The van der Waals surface area contributed by atoms with E-state index in [-0.39, 0.29) is 5.92 Å². The van der Waals surface area contributed by atoms with Crippen molar-refractivity contribution in [1.82, 2.24) is 9.97 Å². The maximum Gasteiger partial charge on any atom is 0.198 e. The highest BCUT2D eigenvalue weighted by molar-refractivity contribution is 5.97. The lowest BCUT2D eigenvalue weighted by atomic mass is 10.0. The van der Waals surface area contributed by atoms with Crippen LogP contribution in [0.4, 0.5) is 0 Å². The summed E-state index contributed by atoms with van der Waals surface area (Å²) in [7, 11) is 0. The van der Waals surface area contributed by atoms with Crippen molar-refractivity contribution in [1.29, 1.82) is 0 Å². The normalized spacial score (nSPS) is 11.6. The minimum atomic E-state index is 0.287. The van der Waals surface area contributed by atoms with Crippen molar-refractivity contribution in [2.75, 3.05) is 0 Å². The third-order valence-electron chi connectivity index (χ3n) is 3.88. The van der Waals surface area contributed by atoms with Crippen LogP contribution in [0, 0.1) is 0 Å². The summed E-state index contributed by atoms with van der Waals surface area (Å²) in [5.41, 5.74) is 3.96. The zero-order valence-corrected chi connectivity index (χ0v) is 12.6. The van der Waals surface area contributed by atoms with E-state index < -0.39 is 0 Å². The summed E-state index contributed by atoms with van der Waals surface area (Å²) in [6.45, 7) is 4.17. The van der Waals surface area contributed by atoms with Crippen LogP contribution < -0.4 is 0 Å². The van der Waals surface area contributed by atoms with Crippen LogP contribution in [0.25, 0.3) is 33.0 Å². The van der Waals surface area contributed by atoms with Gasteiger partial charge in [0.2, 0.25) is 0 Å². The maximum absolute atomic E-state index is 5.78. The van der Waals surface area contributed by atoms with Gasteiger partial charge in [-0.2, -0.15) is 0 Å². The summed E-state index contributed by atoms with van der Waals surface area (Å²) in [6, 6.07) is 14.4. The number of aromatic nitrogens is 2. The lowest BCUT2D eigenvalue weighted by Gasteiger charge is -2.05. The predicted molar refractivity (Wildman–Crippen MR) is 88.8 cm³/mol. The van der Waals surface area contributed by atoms with Gasteiger partial charge in [0.1, 0.15) is 5.52 Å². The van der Waals surface area contributed by atoms with Gasteiger partial charge in [-0.15, -0.1) is 0 Å². The summed E-state index contributed by atoms with van der Waals surface area (Å²) in [4.78, 5) is 8.95. The Morgan fingerprint density at radius 2 is 1.86 bits per heavy atom. The summed E-state index contributed by atoms with van der Waals surface area (Å²) in [5.74, 6) is 1.07. The average Bonchev–Trinajstić information content (AvgIpc) is 2.98. The number of hydrogen-bond donors (Lipinski definition) is 0. The number of benzene rings is 2. The first-order chi connectivity index (χ1) is 10.7. The fraction of sp³-hybridized carbons (Fsp3) is 0.158. The van der Waals surface area contributed by atoms with Crippen molar-refractivity contribution in [2.24, 2.45) is 0 Å². The van der Waals surface area contributed by atoms with Gasteiger partial charge in [0, 0.05) is 29.3 Å². The summed E-state index contributed by atoms with van der Waals surface area (Å²) in [5, 5.41) is 2.34. The molecule has 4 rings (SSSR count). The molecule has 0 aliphatic rings. The largest absolute Gasteiger partial charge is 0.440 e. The Morgan fingerprint density at radius 1 is 1.00 bits per heavy atom.